The molecule has 3 aliphatic carbocycles. The fraction of sp³-hybridized carbons (Fsp3) is 0.833. The van der Waals surface area contributed by atoms with Gasteiger partial charge in [0.05, 0.1) is 34.7 Å². The molecular formula is C24H38O10. The molecule has 0 aliphatic heterocycles. The normalized spacial score (nSPS) is 44.7. The molecule has 0 aromatic heterocycles. The van der Waals surface area contributed by atoms with Crippen molar-refractivity contribution < 1.29 is 49.7 Å². The minimum Gasteiger partial charge on any atom is -0.462 e. The Labute approximate surface area is 199 Å². The summed E-state index contributed by atoms with van der Waals surface area (Å²) in [6, 6.07) is 0. The lowest BCUT2D eigenvalue weighted by Gasteiger charge is -2.57. The van der Waals surface area contributed by atoms with Crippen molar-refractivity contribution in [2.24, 2.45) is 22.7 Å². The highest BCUT2D eigenvalue weighted by molar-refractivity contribution is 5.67. The maximum Gasteiger partial charge on any atom is 0.303 e. The molecule has 10 heteroatoms. The van der Waals surface area contributed by atoms with E-state index in [2.05, 4.69) is 0 Å². The molecule has 0 saturated heterocycles. The van der Waals surface area contributed by atoms with Crippen LogP contribution >= 0.6 is 0 Å². The summed E-state index contributed by atoms with van der Waals surface area (Å²) >= 11 is 0. The Balaban J connectivity index is 2.42. The number of fused-ring (bicyclic) bond motifs is 2. The number of carbonyl (C=O) groups excluding carboxylic acids is 2. The third-order valence-corrected chi connectivity index (χ3v) is 8.69. The molecule has 0 bridgehead atoms. The zero-order chi connectivity index (χ0) is 26.0. The van der Waals surface area contributed by atoms with Gasteiger partial charge in [0, 0.05) is 38.7 Å². The van der Waals surface area contributed by atoms with Crippen LogP contribution in [-0.4, -0.2) is 91.4 Å². The summed E-state index contributed by atoms with van der Waals surface area (Å²) in [6.07, 6.45) is -8.13. The van der Waals surface area contributed by atoms with Crippen LogP contribution in [0.4, 0.5) is 0 Å². The Kier molecular flexibility index (Phi) is 7.02. The molecule has 194 valence electrons. The van der Waals surface area contributed by atoms with Crippen molar-refractivity contribution >= 4 is 11.9 Å². The maximum absolute atomic E-state index is 12.2. The van der Waals surface area contributed by atoms with Gasteiger partial charge in [-0.2, -0.15) is 0 Å². The summed E-state index contributed by atoms with van der Waals surface area (Å²) in [5.74, 6) is -3.47. The fourth-order valence-electron chi connectivity index (χ4n) is 7.11. The molecule has 6 N–H and O–H groups in total. The topological polar surface area (TPSA) is 174 Å². The van der Waals surface area contributed by atoms with Crippen molar-refractivity contribution in [3.63, 3.8) is 0 Å². The Morgan fingerprint density at radius 1 is 1.09 bits per heavy atom. The van der Waals surface area contributed by atoms with Crippen molar-refractivity contribution in [2.75, 3.05) is 6.61 Å². The van der Waals surface area contributed by atoms with Crippen molar-refractivity contribution in [3.8, 4) is 0 Å². The van der Waals surface area contributed by atoms with Crippen LogP contribution in [0, 0.1) is 22.7 Å². The van der Waals surface area contributed by atoms with Crippen LogP contribution in [-0.2, 0) is 19.1 Å². The lowest BCUT2D eigenvalue weighted by Crippen LogP contribution is -2.66. The molecule has 2 saturated carbocycles. The number of aliphatic hydroxyl groups is 6. The van der Waals surface area contributed by atoms with E-state index in [-0.39, 0.29) is 18.4 Å². The molecular weight excluding hydrogens is 448 g/mol. The van der Waals surface area contributed by atoms with Gasteiger partial charge in [-0.3, -0.25) is 9.59 Å². The molecule has 3 aliphatic rings. The number of rotatable bonds is 4. The molecule has 0 spiro atoms. The van der Waals surface area contributed by atoms with Gasteiger partial charge in [-0.1, -0.05) is 6.92 Å². The monoisotopic (exact) mass is 486 g/mol. The van der Waals surface area contributed by atoms with Gasteiger partial charge >= 0.3 is 11.9 Å². The number of esters is 2. The molecule has 34 heavy (non-hydrogen) atoms. The van der Waals surface area contributed by atoms with E-state index in [1.54, 1.807) is 13.8 Å². The second kappa shape index (κ2) is 8.83. The van der Waals surface area contributed by atoms with E-state index in [1.165, 1.54) is 20.8 Å². The third kappa shape index (κ3) is 3.70. The molecule has 10 nitrogen and oxygen atoms in total. The van der Waals surface area contributed by atoms with Gasteiger partial charge in [-0.25, -0.2) is 0 Å². The second-order valence-electron chi connectivity index (χ2n) is 10.9. The highest BCUT2D eigenvalue weighted by Crippen LogP contribution is 2.64. The number of hydrogen-bond donors (Lipinski definition) is 6. The molecule has 0 unspecified atom stereocenters. The first-order chi connectivity index (χ1) is 15.5. The molecule has 2 fully saturated rings. The standard InChI is InChI=1S/C24H38O10/c1-10-15(29)8-24(22(4,5)32)17(10)19(30)21(34-12(3)27)23(6)16(33-11(2)26)7-14(28)13(9-25)18(23)20(24)31/h13-16,18-21,25,28-32H,7-9H2,1-6H3/t13-,14+,15+,16+,18+,19-,20+,21+,23-,24+/m1/s1. The minimum absolute atomic E-state index is 0.120. The van der Waals surface area contributed by atoms with E-state index in [9.17, 15) is 40.2 Å². The lowest BCUT2D eigenvalue weighted by atomic mass is 9.52. The van der Waals surface area contributed by atoms with Gasteiger partial charge in [-0.15, -0.1) is 0 Å². The molecule has 0 heterocycles. The average molecular weight is 487 g/mol. The molecule has 10 atom stereocenters. The van der Waals surface area contributed by atoms with Gasteiger partial charge in [-0.05, 0) is 38.3 Å². The zero-order valence-electron chi connectivity index (χ0n) is 20.6. The highest BCUT2D eigenvalue weighted by Gasteiger charge is 2.72. The van der Waals surface area contributed by atoms with Gasteiger partial charge in [0.25, 0.3) is 0 Å². The molecule has 0 radical (unpaired) electrons. The van der Waals surface area contributed by atoms with Gasteiger partial charge in [0.1, 0.15) is 18.3 Å². The summed E-state index contributed by atoms with van der Waals surface area (Å²) in [7, 11) is 0. The van der Waals surface area contributed by atoms with E-state index in [4.69, 9.17) is 9.47 Å². The Morgan fingerprint density at radius 3 is 2.12 bits per heavy atom. The summed E-state index contributed by atoms with van der Waals surface area (Å²) in [6.45, 7) is 7.85. The van der Waals surface area contributed by atoms with E-state index < -0.39 is 83.4 Å². The van der Waals surface area contributed by atoms with Gasteiger partial charge in [0.2, 0.25) is 0 Å². The largest absolute Gasteiger partial charge is 0.462 e. The second-order valence-corrected chi connectivity index (χ2v) is 10.9. The van der Waals surface area contributed by atoms with Crippen LogP contribution in [0.15, 0.2) is 11.1 Å². The molecule has 0 aromatic carbocycles. The van der Waals surface area contributed by atoms with Crippen LogP contribution in [0.2, 0.25) is 0 Å². The first-order valence-corrected chi connectivity index (χ1v) is 11.7. The Bertz CT molecular complexity index is 862. The predicted molar refractivity (Wildman–Crippen MR) is 118 cm³/mol. The van der Waals surface area contributed by atoms with Crippen LogP contribution in [0.25, 0.3) is 0 Å². The van der Waals surface area contributed by atoms with Crippen molar-refractivity contribution in [2.45, 2.75) is 96.6 Å². The SMILES string of the molecule is CC(=O)O[C@H]1C[C@H](O)[C@@H](CO)[C@H]2[C@H](O)[C@]3(C(C)(C)O)C[C@H](O)C(C)=C3[C@@H](O)[C@H](OC(C)=O)[C@@]21C. The fourth-order valence-corrected chi connectivity index (χ4v) is 7.11. The highest BCUT2D eigenvalue weighted by atomic mass is 16.6. The van der Waals surface area contributed by atoms with Crippen LogP contribution < -0.4 is 0 Å². The number of aliphatic hydroxyl groups excluding tert-OH is 5. The summed E-state index contributed by atoms with van der Waals surface area (Å²) in [4.78, 5) is 24.2. The van der Waals surface area contributed by atoms with Crippen molar-refractivity contribution in [1.29, 1.82) is 0 Å². The maximum atomic E-state index is 12.2. The Hall–Kier alpha value is -1.56. The zero-order valence-corrected chi connectivity index (χ0v) is 20.6. The van der Waals surface area contributed by atoms with E-state index in [1.807, 2.05) is 0 Å². The van der Waals surface area contributed by atoms with Crippen molar-refractivity contribution in [1.82, 2.24) is 0 Å². The van der Waals surface area contributed by atoms with E-state index in [0.717, 1.165) is 6.92 Å². The first kappa shape index (κ1) is 27.0. The smallest absolute Gasteiger partial charge is 0.303 e. The number of ether oxygens (including phenoxy) is 2. The average Bonchev–Trinajstić information content (AvgIpc) is 2.95. The van der Waals surface area contributed by atoms with Crippen LogP contribution in [0.1, 0.15) is 54.4 Å². The Morgan fingerprint density at radius 2 is 1.65 bits per heavy atom. The van der Waals surface area contributed by atoms with E-state index in [0.29, 0.717) is 5.57 Å². The molecule has 0 aromatic rings. The molecule has 3 rings (SSSR count). The number of hydrogen-bond acceptors (Lipinski definition) is 10. The third-order valence-electron chi connectivity index (χ3n) is 8.69. The quantitative estimate of drug-likeness (QED) is 0.223. The van der Waals surface area contributed by atoms with Crippen LogP contribution in [0.3, 0.4) is 0 Å². The number of carbonyl (C=O) groups is 2. The van der Waals surface area contributed by atoms with Gasteiger partial charge < -0.3 is 40.1 Å². The van der Waals surface area contributed by atoms with Crippen LogP contribution in [0.5, 0.6) is 0 Å². The molecule has 0 amide bonds. The predicted octanol–water partition coefficient (Wildman–Crippen LogP) is -0.581. The van der Waals surface area contributed by atoms with E-state index >= 15 is 0 Å². The summed E-state index contributed by atoms with van der Waals surface area (Å²) < 4.78 is 11.2. The van der Waals surface area contributed by atoms with Crippen molar-refractivity contribution in [3.05, 3.63) is 11.1 Å². The summed E-state index contributed by atoms with van der Waals surface area (Å²) in [5.41, 5.74) is -4.29. The first-order valence-electron chi connectivity index (χ1n) is 11.7. The minimum atomic E-state index is -1.69. The summed E-state index contributed by atoms with van der Waals surface area (Å²) in [5, 5.41) is 67.2. The van der Waals surface area contributed by atoms with Gasteiger partial charge in [0.15, 0.2) is 0 Å². The lowest BCUT2D eigenvalue weighted by molar-refractivity contribution is -0.239.